The van der Waals surface area contributed by atoms with E-state index in [0.717, 1.165) is 5.56 Å². The summed E-state index contributed by atoms with van der Waals surface area (Å²) in [6, 6.07) is 3.70. The third-order valence-electron chi connectivity index (χ3n) is 2.00. The predicted molar refractivity (Wildman–Crippen MR) is 52.8 cm³/mol. The third-order valence-corrected chi connectivity index (χ3v) is 2.00. The quantitative estimate of drug-likeness (QED) is 0.767. The molecule has 2 aromatic heterocycles. The summed E-state index contributed by atoms with van der Waals surface area (Å²) in [7, 11) is 0. The highest BCUT2D eigenvalue weighted by atomic mass is 16.3. The van der Waals surface area contributed by atoms with Crippen LogP contribution in [-0.4, -0.2) is 36.9 Å². The van der Waals surface area contributed by atoms with Crippen LogP contribution < -0.4 is 0 Å². The first kappa shape index (κ1) is 9.72. The van der Waals surface area contributed by atoms with Gasteiger partial charge in [0.2, 0.25) is 0 Å². The van der Waals surface area contributed by atoms with E-state index in [1.807, 2.05) is 12.1 Å². The Labute approximate surface area is 86.6 Å². The summed E-state index contributed by atoms with van der Waals surface area (Å²) in [5, 5.41) is 20.1. The summed E-state index contributed by atoms with van der Waals surface area (Å²) in [5.74, 6) is 0.700. The van der Waals surface area contributed by atoms with E-state index in [-0.39, 0.29) is 6.61 Å². The molecule has 1 N–H and O–H groups in total. The first-order valence-electron chi connectivity index (χ1n) is 4.69. The third kappa shape index (κ3) is 2.16. The number of aryl methyl sites for hydroxylation is 1. The normalized spacial score (nSPS) is 10.5. The number of hydrogen-bond acceptors (Lipinski definition) is 5. The molecule has 2 heterocycles. The molecular weight excluding hydrogens is 194 g/mol. The van der Waals surface area contributed by atoms with Crippen LogP contribution in [-0.2, 0) is 6.54 Å². The molecule has 0 fully saturated rings. The van der Waals surface area contributed by atoms with Crippen LogP contribution in [0, 0.1) is 0 Å². The summed E-state index contributed by atoms with van der Waals surface area (Å²) >= 11 is 0. The van der Waals surface area contributed by atoms with Crippen LogP contribution in [0.1, 0.15) is 6.42 Å². The molecule has 0 saturated carbocycles. The van der Waals surface area contributed by atoms with Gasteiger partial charge in [0.05, 0.1) is 0 Å². The molecule has 0 unspecified atom stereocenters. The van der Waals surface area contributed by atoms with Gasteiger partial charge in [-0.1, -0.05) is 0 Å². The SMILES string of the molecule is OCCCn1nnnc1-c1ccncc1. The average molecular weight is 205 g/mol. The highest BCUT2D eigenvalue weighted by Crippen LogP contribution is 2.13. The lowest BCUT2D eigenvalue weighted by Crippen LogP contribution is -2.04. The zero-order chi connectivity index (χ0) is 10.5. The molecule has 0 radical (unpaired) electrons. The lowest BCUT2D eigenvalue weighted by Gasteiger charge is -2.02. The maximum atomic E-state index is 8.73. The van der Waals surface area contributed by atoms with Crippen LogP contribution in [0.3, 0.4) is 0 Å². The molecule has 0 bridgehead atoms. The minimum Gasteiger partial charge on any atom is -0.396 e. The van der Waals surface area contributed by atoms with Crippen molar-refractivity contribution < 1.29 is 5.11 Å². The molecule has 6 heteroatoms. The standard InChI is InChI=1S/C9H11N5O/c15-7-1-6-14-9(11-12-13-14)8-2-4-10-5-3-8/h2-5,15H,1,6-7H2. The van der Waals surface area contributed by atoms with Crippen LogP contribution in [0.4, 0.5) is 0 Å². The van der Waals surface area contributed by atoms with Crippen LogP contribution in [0.2, 0.25) is 0 Å². The summed E-state index contributed by atoms with van der Waals surface area (Å²) in [6.45, 7) is 0.747. The highest BCUT2D eigenvalue weighted by Gasteiger charge is 2.07. The molecule has 0 spiro atoms. The van der Waals surface area contributed by atoms with Gasteiger partial charge in [0, 0.05) is 31.1 Å². The Morgan fingerprint density at radius 2 is 2.07 bits per heavy atom. The Hall–Kier alpha value is -1.82. The number of aliphatic hydroxyl groups is 1. The number of aliphatic hydroxyl groups excluding tert-OH is 1. The molecule has 15 heavy (non-hydrogen) atoms. The summed E-state index contributed by atoms with van der Waals surface area (Å²) in [6.07, 6.45) is 4.03. The fourth-order valence-corrected chi connectivity index (χ4v) is 1.28. The van der Waals surface area contributed by atoms with Crippen molar-refractivity contribution in [2.75, 3.05) is 6.61 Å². The fourth-order valence-electron chi connectivity index (χ4n) is 1.28. The van der Waals surface area contributed by atoms with Crippen molar-refractivity contribution >= 4 is 0 Å². The van der Waals surface area contributed by atoms with E-state index >= 15 is 0 Å². The Kier molecular flexibility index (Phi) is 2.99. The van der Waals surface area contributed by atoms with E-state index < -0.39 is 0 Å². The minimum absolute atomic E-state index is 0.135. The molecule has 0 aliphatic carbocycles. The number of pyridine rings is 1. The van der Waals surface area contributed by atoms with Crippen molar-refractivity contribution in [2.45, 2.75) is 13.0 Å². The van der Waals surface area contributed by atoms with Gasteiger partial charge in [-0.3, -0.25) is 4.98 Å². The number of nitrogens with zero attached hydrogens (tertiary/aromatic N) is 5. The van der Waals surface area contributed by atoms with E-state index in [9.17, 15) is 0 Å². The monoisotopic (exact) mass is 205 g/mol. The van der Waals surface area contributed by atoms with Gasteiger partial charge in [-0.2, -0.15) is 0 Å². The smallest absolute Gasteiger partial charge is 0.182 e. The number of hydrogen-bond donors (Lipinski definition) is 1. The lowest BCUT2D eigenvalue weighted by atomic mass is 10.2. The maximum Gasteiger partial charge on any atom is 0.182 e. The lowest BCUT2D eigenvalue weighted by molar-refractivity contribution is 0.276. The van der Waals surface area contributed by atoms with Crippen LogP contribution in [0.5, 0.6) is 0 Å². The Balaban J connectivity index is 2.25. The largest absolute Gasteiger partial charge is 0.396 e. The number of rotatable bonds is 4. The summed E-state index contributed by atoms with van der Waals surface area (Å²) < 4.78 is 1.67. The second-order valence-electron chi connectivity index (χ2n) is 3.04. The van der Waals surface area contributed by atoms with Gasteiger partial charge in [-0.05, 0) is 29.0 Å². The molecule has 0 aliphatic heterocycles. The molecule has 0 aromatic carbocycles. The minimum atomic E-state index is 0.135. The molecule has 0 aliphatic rings. The van der Waals surface area contributed by atoms with Gasteiger partial charge >= 0.3 is 0 Å². The fraction of sp³-hybridized carbons (Fsp3) is 0.333. The van der Waals surface area contributed by atoms with E-state index in [1.54, 1.807) is 17.1 Å². The van der Waals surface area contributed by atoms with Crippen molar-refractivity contribution in [3.8, 4) is 11.4 Å². The maximum absolute atomic E-state index is 8.73. The molecule has 2 rings (SSSR count). The highest BCUT2D eigenvalue weighted by molar-refractivity contribution is 5.52. The molecule has 2 aromatic rings. The zero-order valence-corrected chi connectivity index (χ0v) is 8.11. The second kappa shape index (κ2) is 4.61. The van der Waals surface area contributed by atoms with E-state index in [0.29, 0.717) is 18.8 Å². The van der Waals surface area contributed by atoms with Crippen LogP contribution in [0.25, 0.3) is 11.4 Å². The zero-order valence-electron chi connectivity index (χ0n) is 8.11. The Morgan fingerprint density at radius 3 is 2.80 bits per heavy atom. The molecule has 0 amide bonds. The van der Waals surface area contributed by atoms with Gasteiger partial charge < -0.3 is 5.11 Å². The Bertz CT molecular complexity index is 413. The second-order valence-corrected chi connectivity index (χ2v) is 3.04. The summed E-state index contributed by atoms with van der Waals surface area (Å²) in [5.41, 5.74) is 0.924. The van der Waals surface area contributed by atoms with E-state index in [1.165, 1.54) is 0 Å². The first-order chi connectivity index (χ1) is 7.42. The molecule has 6 nitrogen and oxygen atoms in total. The molecule has 78 valence electrons. The topological polar surface area (TPSA) is 76.7 Å². The van der Waals surface area contributed by atoms with E-state index in [2.05, 4.69) is 20.5 Å². The van der Waals surface area contributed by atoms with Crippen molar-refractivity contribution in [3.63, 3.8) is 0 Å². The molecular formula is C9H11N5O. The molecule has 0 atom stereocenters. The van der Waals surface area contributed by atoms with Gasteiger partial charge in [-0.15, -0.1) is 5.10 Å². The number of aromatic nitrogens is 5. The van der Waals surface area contributed by atoms with Crippen molar-refractivity contribution in [3.05, 3.63) is 24.5 Å². The van der Waals surface area contributed by atoms with Crippen molar-refractivity contribution in [1.29, 1.82) is 0 Å². The van der Waals surface area contributed by atoms with Crippen LogP contribution >= 0.6 is 0 Å². The number of tetrazole rings is 1. The Morgan fingerprint density at radius 1 is 1.27 bits per heavy atom. The summed E-state index contributed by atoms with van der Waals surface area (Å²) in [4.78, 5) is 3.93. The van der Waals surface area contributed by atoms with Gasteiger partial charge in [0.25, 0.3) is 0 Å². The van der Waals surface area contributed by atoms with Crippen LogP contribution in [0.15, 0.2) is 24.5 Å². The van der Waals surface area contributed by atoms with E-state index in [4.69, 9.17) is 5.11 Å². The van der Waals surface area contributed by atoms with Crippen molar-refractivity contribution in [1.82, 2.24) is 25.2 Å². The predicted octanol–water partition coefficient (Wildman–Crippen LogP) is 0.117. The average Bonchev–Trinajstić information content (AvgIpc) is 2.75. The first-order valence-corrected chi connectivity index (χ1v) is 4.69. The van der Waals surface area contributed by atoms with Gasteiger partial charge in [0.1, 0.15) is 0 Å². The van der Waals surface area contributed by atoms with Crippen molar-refractivity contribution in [2.24, 2.45) is 0 Å². The molecule has 0 saturated heterocycles. The van der Waals surface area contributed by atoms with Gasteiger partial charge in [-0.25, -0.2) is 4.68 Å². The van der Waals surface area contributed by atoms with Gasteiger partial charge in [0.15, 0.2) is 5.82 Å².